The minimum absolute atomic E-state index is 0.599. The van der Waals surface area contributed by atoms with Crippen molar-refractivity contribution in [2.75, 3.05) is 0 Å². The first kappa shape index (κ1) is 33.8. The molecule has 0 bridgehead atoms. The molecule has 0 saturated carbocycles. The molecule has 1 aliphatic rings. The average molecular weight is 727 g/mol. The van der Waals surface area contributed by atoms with Crippen LogP contribution in [0.15, 0.2) is 206 Å². The van der Waals surface area contributed by atoms with Crippen LogP contribution in [0.5, 0.6) is 0 Å². The van der Waals surface area contributed by atoms with E-state index in [1.807, 2.05) is 42.5 Å². The third-order valence-electron chi connectivity index (χ3n) is 11.1. The number of fused-ring (bicyclic) bond motifs is 3. The molecule has 4 nitrogen and oxygen atoms in total. The lowest BCUT2D eigenvalue weighted by Gasteiger charge is -2.34. The molecule has 4 heteroatoms. The highest BCUT2D eigenvalue weighted by Crippen LogP contribution is 2.58. The van der Waals surface area contributed by atoms with Gasteiger partial charge in [-0.1, -0.05) is 206 Å². The summed E-state index contributed by atoms with van der Waals surface area (Å²) in [5.74, 6) is 1.86. The fourth-order valence-electron chi connectivity index (χ4n) is 8.43. The van der Waals surface area contributed by atoms with Crippen molar-refractivity contribution >= 4 is 5.69 Å². The van der Waals surface area contributed by atoms with Gasteiger partial charge in [-0.25, -0.2) is 19.8 Å². The van der Waals surface area contributed by atoms with Crippen LogP contribution in [0.4, 0.5) is 5.69 Å². The lowest BCUT2D eigenvalue weighted by Crippen LogP contribution is -2.28. The summed E-state index contributed by atoms with van der Waals surface area (Å²) in [4.78, 5) is 18.9. The third-order valence-corrected chi connectivity index (χ3v) is 11.1. The van der Waals surface area contributed by atoms with E-state index in [9.17, 15) is 0 Å². The Kier molecular flexibility index (Phi) is 8.39. The molecular weight excluding hydrogens is 693 g/mol. The Morgan fingerprint density at radius 1 is 0.351 bits per heavy atom. The number of nitrogens with zero attached hydrogens (tertiary/aromatic N) is 4. The van der Waals surface area contributed by atoms with Crippen molar-refractivity contribution in [3.05, 3.63) is 240 Å². The molecule has 0 aliphatic heterocycles. The van der Waals surface area contributed by atoms with E-state index < -0.39 is 5.41 Å². The molecule has 0 fully saturated rings. The summed E-state index contributed by atoms with van der Waals surface area (Å²) in [7, 11) is 0. The van der Waals surface area contributed by atoms with Crippen LogP contribution in [0.1, 0.15) is 22.3 Å². The normalized spacial score (nSPS) is 12.3. The maximum atomic E-state index is 7.95. The highest BCUT2D eigenvalue weighted by atomic mass is 15.0. The highest BCUT2D eigenvalue weighted by molar-refractivity contribution is 5.96. The zero-order chi connectivity index (χ0) is 38.2. The molecule has 9 aromatic rings. The fraction of sp³-hybridized carbons (Fsp3) is 0.0189. The van der Waals surface area contributed by atoms with Crippen molar-refractivity contribution in [3.8, 4) is 67.5 Å². The Morgan fingerprint density at radius 2 is 0.789 bits per heavy atom. The lowest BCUT2D eigenvalue weighted by atomic mass is 9.67. The Balaban J connectivity index is 1.10. The van der Waals surface area contributed by atoms with Gasteiger partial charge in [-0.05, 0) is 55.6 Å². The number of aromatic nitrogens is 3. The van der Waals surface area contributed by atoms with Crippen LogP contribution in [-0.2, 0) is 5.41 Å². The van der Waals surface area contributed by atoms with Crippen LogP contribution < -0.4 is 0 Å². The minimum Gasteiger partial charge on any atom is -0.238 e. The van der Waals surface area contributed by atoms with Gasteiger partial charge in [0.25, 0.3) is 0 Å². The summed E-state index contributed by atoms with van der Waals surface area (Å²) in [5, 5.41) is 0. The molecule has 0 saturated heterocycles. The summed E-state index contributed by atoms with van der Waals surface area (Å²) < 4.78 is 0. The molecule has 0 unspecified atom stereocenters. The van der Waals surface area contributed by atoms with Crippen LogP contribution in [-0.4, -0.2) is 15.0 Å². The first-order valence-electron chi connectivity index (χ1n) is 19.1. The first-order valence-corrected chi connectivity index (χ1v) is 19.1. The molecule has 0 N–H and O–H groups in total. The smallest absolute Gasteiger partial charge is 0.187 e. The summed E-state index contributed by atoms with van der Waals surface area (Å²) >= 11 is 0. The molecule has 0 atom stereocenters. The van der Waals surface area contributed by atoms with E-state index >= 15 is 0 Å². The quantitative estimate of drug-likeness (QED) is 0.154. The van der Waals surface area contributed by atoms with Gasteiger partial charge in [-0.15, -0.1) is 0 Å². The van der Waals surface area contributed by atoms with Crippen molar-refractivity contribution in [2.24, 2.45) is 0 Å². The van der Waals surface area contributed by atoms with Crippen molar-refractivity contribution in [2.45, 2.75) is 5.41 Å². The molecular formula is C53H34N4. The molecule has 0 radical (unpaired) electrons. The van der Waals surface area contributed by atoms with Gasteiger partial charge in [0.2, 0.25) is 0 Å². The van der Waals surface area contributed by atoms with Crippen LogP contribution in [0.25, 0.3) is 72.4 Å². The zero-order valence-corrected chi connectivity index (χ0v) is 30.9. The third kappa shape index (κ3) is 5.82. The van der Waals surface area contributed by atoms with E-state index in [-0.39, 0.29) is 0 Å². The standard InChI is InChI=1S/C53H34N4/c1-54-44-33-34-46-48(35-44)53(42-19-10-4-11-20-42,43-21-12-5-13-22-43)47-24-14-23-45(49(46)47)38-27-31-41(32-28-38)52-56-50(39-17-8-3-9-18-39)55-51(57-52)40-29-25-37(26-30-40)36-15-6-2-7-16-36/h2-35H. The number of hydrogen-bond donors (Lipinski definition) is 0. The van der Waals surface area contributed by atoms with E-state index in [0.717, 1.165) is 50.1 Å². The first-order chi connectivity index (χ1) is 28.2. The number of benzene rings is 8. The van der Waals surface area contributed by atoms with E-state index in [4.69, 9.17) is 21.5 Å². The molecule has 1 heterocycles. The van der Waals surface area contributed by atoms with Crippen LogP contribution in [0, 0.1) is 6.57 Å². The summed E-state index contributed by atoms with van der Waals surface area (Å²) in [6.45, 7) is 7.95. The van der Waals surface area contributed by atoms with Crippen LogP contribution in [0.3, 0.4) is 0 Å². The van der Waals surface area contributed by atoms with E-state index in [0.29, 0.717) is 23.2 Å². The number of rotatable bonds is 7. The second-order valence-corrected chi connectivity index (χ2v) is 14.2. The van der Waals surface area contributed by atoms with Crippen molar-refractivity contribution in [3.63, 3.8) is 0 Å². The van der Waals surface area contributed by atoms with Gasteiger partial charge in [0, 0.05) is 16.7 Å². The molecule has 266 valence electrons. The van der Waals surface area contributed by atoms with Crippen molar-refractivity contribution in [1.29, 1.82) is 0 Å². The fourth-order valence-corrected chi connectivity index (χ4v) is 8.43. The average Bonchev–Trinajstić information content (AvgIpc) is 3.60. The summed E-state index contributed by atoms with van der Waals surface area (Å²) in [6, 6.07) is 71.6. The Hall–Kier alpha value is -7.74. The summed E-state index contributed by atoms with van der Waals surface area (Å²) in [6.07, 6.45) is 0. The molecule has 0 spiro atoms. The SMILES string of the molecule is [C-]#[N+]c1ccc2c(c1)C(c1ccccc1)(c1ccccc1)c1cccc(-c3ccc(-c4nc(-c5ccccc5)nc(-c5ccc(-c6ccccc6)cc5)n4)cc3)c1-2. The maximum absolute atomic E-state index is 7.95. The highest BCUT2D eigenvalue weighted by Gasteiger charge is 2.46. The molecule has 10 rings (SSSR count). The topological polar surface area (TPSA) is 43.0 Å². The second kappa shape index (κ2) is 14.2. The predicted molar refractivity (Wildman–Crippen MR) is 231 cm³/mol. The van der Waals surface area contributed by atoms with Gasteiger partial charge in [0.15, 0.2) is 23.2 Å². The Morgan fingerprint density at radius 3 is 1.32 bits per heavy atom. The van der Waals surface area contributed by atoms with Crippen LogP contribution >= 0.6 is 0 Å². The van der Waals surface area contributed by atoms with E-state index in [1.165, 1.54) is 22.3 Å². The van der Waals surface area contributed by atoms with Crippen molar-refractivity contribution < 1.29 is 0 Å². The van der Waals surface area contributed by atoms with Gasteiger partial charge in [0.05, 0.1) is 12.0 Å². The molecule has 1 aromatic heterocycles. The Labute approximate surface area is 332 Å². The lowest BCUT2D eigenvalue weighted by molar-refractivity contribution is 0.769. The zero-order valence-electron chi connectivity index (χ0n) is 30.9. The minimum atomic E-state index is -0.599. The van der Waals surface area contributed by atoms with Gasteiger partial charge < -0.3 is 0 Å². The second-order valence-electron chi connectivity index (χ2n) is 14.2. The molecule has 57 heavy (non-hydrogen) atoms. The van der Waals surface area contributed by atoms with E-state index in [1.54, 1.807) is 0 Å². The Bertz CT molecular complexity index is 2880. The van der Waals surface area contributed by atoms with Crippen LogP contribution in [0.2, 0.25) is 0 Å². The van der Waals surface area contributed by atoms with Gasteiger partial charge in [-0.2, -0.15) is 0 Å². The van der Waals surface area contributed by atoms with E-state index in [2.05, 4.69) is 169 Å². The van der Waals surface area contributed by atoms with Gasteiger partial charge in [0.1, 0.15) is 0 Å². The van der Waals surface area contributed by atoms with Gasteiger partial charge in [-0.3, -0.25) is 0 Å². The molecule has 1 aliphatic carbocycles. The monoisotopic (exact) mass is 726 g/mol. The largest absolute Gasteiger partial charge is 0.238 e. The molecule has 8 aromatic carbocycles. The summed E-state index contributed by atoms with van der Waals surface area (Å²) in [5.41, 5.74) is 14.3. The molecule has 0 amide bonds. The predicted octanol–water partition coefficient (Wildman–Crippen LogP) is 13.1. The maximum Gasteiger partial charge on any atom is 0.187 e. The number of hydrogen-bond acceptors (Lipinski definition) is 3. The van der Waals surface area contributed by atoms with Gasteiger partial charge >= 0.3 is 0 Å². The van der Waals surface area contributed by atoms with Crippen molar-refractivity contribution in [1.82, 2.24) is 15.0 Å².